The van der Waals surface area contributed by atoms with Gasteiger partial charge in [0.2, 0.25) is 0 Å². The second-order valence-electron chi connectivity index (χ2n) is 4.54. The first-order valence-electron chi connectivity index (χ1n) is 6.80. The number of aliphatic hydroxyl groups is 2. The Morgan fingerprint density at radius 3 is 2.42 bits per heavy atom. The molecule has 1 rings (SSSR count). The van der Waals surface area contributed by atoms with Crippen molar-refractivity contribution in [1.82, 2.24) is 0 Å². The van der Waals surface area contributed by atoms with Crippen LogP contribution in [0.4, 0.5) is 0 Å². The van der Waals surface area contributed by atoms with Crippen LogP contribution in [-0.4, -0.2) is 36.1 Å². The smallest absolute Gasteiger partial charge is 0.123 e. The van der Waals surface area contributed by atoms with Gasteiger partial charge in [0.15, 0.2) is 0 Å². The average molecular weight is 268 g/mol. The zero-order chi connectivity index (χ0) is 14.3. The lowest BCUT2D eigenvalue weighted by Crippen LogP contribution is -2.15. The molecule has 0 amide bonds. The highest BCUT2D eigenvalue weighted by atomic mass is 16.5. The van der Waals surface area contributed by atoms with Gasteiger partial charge in [0.25, 0.3) is 0 Å². The number of rotatable bonds is 8. The monoisotopic (exact) mass is 268 g/mol. The summed E-state index contributed by atoms with van der Waals surface area (Å²) in [6.45, 7) is 6.87. The molecule has 0 aliphatic heterocycles. The number of hydrogen-bond donors (Lipinski definition) is 2. The Balaban J connectivity index is 2.94. The van der Waals surface area contributed by atoms with E-state index in [-0.39, 0.29) is 12.5 Å². The van der Waals surface area contributed by atoms with Crippen molar-refractivity contribution in [3.8, 4) is 11.5 Å². The Kier molecular flexibility index (Phi) is 6.67. The van der Waals surface area contributed by atoms with E-state index in [4.69, 9.17) is 14.6 Å². The van der Waals surface area contributed by atoms with E-state index in [2.05, 4.69) is 0 Å². The summed E-state index contributed by atoms with van der Waals surface area (Å²) in [5.74, 6) is 1.69. The summed E-state index contributed by atoms with van der Waals surface area (Å²) in [4.78, 5) is 0. The van der Waals surface area contributed by atoms with E-state index in [1.807, 2.05) is 39.0 Å². The molecule has 4 nitrogen and oxygen atoms in total. The van der Waals surface area contributed by atoms with Crippen LogP contribution >= 0.6 is 0 Å². The van der Waals surface area contributed by atoms with Crippen molar-refractivity contribution in [3.63, 3.8) is 0 Å². The predicted octanol–water partition coefficient (Wildman–Crippen LogP) is 2.33. The molecule has 108 valence electrons. The zero-order valence-corrected chi connectivity index (χ0v) is 11.9. The molecule has 1 aromatic rings. The fourth-order valence-electron chi connectivity index (χ4n) is 2.06. The van der Waals surface area contributed by atoms with Gasteiger partial charge >= 0.3 is 0 Å². The second-order valence-corrected chi connectivity index (χ2v) is 4.54. The first kappa shape index (κ1) is 15.8. The molecule has 0 fully saturated rings. The quantitative estimate of drug-likeness (QED) is 0.759. The van der Waals surface area contributed by atoms with Gasteiger partial charge in [0.05, 0.1) is 25.9 Å². The molecule has 0 bridgehead atoms. The fourth-order valence-corrected chi connectivity index (χ4v) is 2.06. The van der Waals surface area contributed by atoms with Crippen LogP contribution in [0.25, 0.3) is 0 Å². The second kappa shape index (κ2) is 8.02. The molecule has 0 heterocycles. The number of aliphatic hydroxyl groups excluding tert-OH is 2. The highest BCUT2D eigenvalue weighted by molar-refractivity contribution is 5.42. The molecule has 0 spiro atoms. The SMILES string of the molecule is CCOc1ccc(OCC)c(C(C)CC(O)CO)c1. The minimum absolute atomic E-state index is 0.0871. The van der Waals surface area contributed by atoms with Crippen LogP contribution in [0.1, 0.15) is 38.7 Å². The van der Waals surface area contributed by atoms with E-state index < -0.39 is 6.10 Å². The molecule has 0 aromatic heterocycles. The molecule has 19 heavy (non-hydrogen) atoms. The first-order chi connectivity index (χ1) is 9.12. The Bertz CT molecular complexity index is 378. The fraction of sp³-hybridized carbons (Fsp3) is 0.600. The molecular formula is C15H24O4. The van der Waals surface area contributed by atoms with Gasteiger partial charge in [0.1, 0.15) is 11.5 Å². The molecule has 0 aliphatic rings. The van der Waals surface area contributed by atoms with Crippen LogP contribution in [0, 0.1) is 0 Å². The Hall–Kier alpha value is -1.26. The van der Waals surface area contributed by atoms with Gasteiger partial charge in [-0.05, 0) is 44.4 Å². The lowest BCUT2D eigenvalue weighted by Gasteiger charge is -2.19. The number of benzene rings is 1. The van der Waals surface area contributed by atoms with Crippen molar-refractivity contribution in [3.05, 3.63) is 23.8 Å². The molecule has 2 unspecified atom stereocenters. The molecule has 4 heteroatoms. The number of hydrogen-bond acceptors (Lipinski definition) is 4. The first-order valence-corrected chi connectivity index (χ1v) is 6.80. The van der Waals surface area contributed by atoms with Gasteiger partial charge in [-0.15, -0.1) is 0 Å². The van der Waals surface area contributed by atoms with Crippen molar-refractivity contribution in [1.29, 1.82) is 0 Å². The van der Waals surface area contributed by atoms with E-state index in [9.17, 15) is 5.11 Å². The van der Waals surface area contributed by atoms with Gasteiger partial charge < -0.3 is 19.7 Å². The average Bonchev–Trinajstić information content (AvgIpc) is 2.40. The van der Waals surface area contributed by atoms with Crippen LogP contribution in [-0.2, 0) is 0 Å². The minimum atomic E-state index is -0.708. The molecule has 2 atom stereocenters. The lowest BCUT2D eigenvalue weighted by molar-refractivity contribution is 0.0832. The maximum absolute atomic E-state index is 9.56. The molecule has 0 radical (unpaired) electrons. The van der Waals surface area contributed by atoms with Crippen molar-refractivity contribution < 1.29 is 19.7 Å². The highest BCUT2D eigenvalue weighted by Gasteiger charge is 2.16. The van der Waals surface area contributed by atoms with Crippen LogP contribution in [0.15, 0.2) is 18.2 Å². The van der Waals surface area contributed by atoms with Gasteiger partial charge in [-0.25, -0.2) is 0 Å². The third-order valence-electron chi connectivity index (χ3n) is 2.96. The van der Waals surface area contributed by atoms with Crippen molar-refractivity contribution in [2.75, 3.05) is 19.8 Å². The maximum Gasteiger partial charge on any atom is 0.123 e. The molecule has 0 aliphatic carbocycles. The van der Waals surface area contributed by atoms with Crippen LogP contribution < -0.4 is 9.47 Å². The zero-order valence-electron chi connectivity index (χ0n) is 11.9. The summed E-state index contributed by atoms with van der Waals surface area (Å²) >= 11 is 0. The number of ether oxygens (including phenoxy) is 2. The summed E-state index contributed by atoms with van der Waals surface area (Å²) in [5, 5.41) is 18.5. The molecule has 2 N–H and O–H groups in total. The van der Waals surface area contributed by atoms with Crippen molar-refractivity contribution in [2.45, 2.75) is 39.2 Å². The summed E-state index contributed by atoms with van der Waals surface area (Å²) in [7, 11) is 0. The van der Waals surface area contributed by atoms with E-state index >= 15 is 0 Å². The van der Waals surface area contributed by atoms with Crippen LogP contribution in [0.2, 0.25) is 0 Å². The Morgan fingerprint density at radius 2 is 1.84 bits per heavy atom. The van der Waals surface area contributed by atoms with E-state index in [1.54, 1.807) is 0 Å². The standard InChI is InChI=1S/C15H24O4/c1-4-18-13-6-7-15(19-5-2)14(9-13)11(3)8-12(17)10-16/h6-7,9,11-12,16-17H,4-5,8,10H2,1-3H3. The Morgan fingerprint density at radius 1 is 1.16 bits per heavy atom. The lowest BCUT2D eigenvalue weighted by atomic mass is 9.94. The molecule has 1 aromatic carbocycles. The van der Waals surface area contributed by atoms with Crippen LogP contribution in [0.3, 0.4) is 0 Å². The molecular weight excluding hydrogens is 244 g/mol. The third kappa shape index (κ3) is 4.73. The van der Waals surface area contributed by atoms with Crippen LogP contribution in [0.5, 0.6) is 11.5 Å². The largest absolute Gasteiger partial charge is 0.494 e. The topological polar surface area (TPSA) is 58.9 Å². The normalized spacial score (nSPS) is 13.9. The van der Waals surface area contributed by atoms with Gasteiger partial charge in [-0.2, -0.15) is 0 Å². The Labute approximate surface area is 115 Å². The molecule has 0 saturated heterocycles. The summed E-state index contributed by atoms with van der Waals surface area (Å²) in [5.41, 5.74) is 1.00. The van der Waals surface area contributed by atoms with Gasteiger partial charge in [0, 0.05) is 5.56 Å². The van der Waals surface area contributed by atoms with Gasteiger partial charge in [-0.3, -0.25) is 0 Å². The summed E-state index contributed by atoms with van der Waals surface area (Å²) in [6, 6.07) is 5.72. The van der Waals surface area contributed by atoms with E-state index in [1.165, 1.54) is 0 Å². The maximum atomic E-state index is 9.56. The highest BCUT2D eigenvalue weighted by Crippen LogP contribution is 2.33. The molecule has 0 saturated carbocycles. The summed E-state index contributed by atoms with van der Waals surface area (Å²) in [6.07, 6.45) is -0.216. The minimum Gasteiger partial charge on any atom is -0.494 e. The van der Waals surface area contributed by atoms with Crippen molar-refractivity contribution in [2.24, 2.45) is 0 Å². The third-order valence-corrected chi connectivity index (χ3v) is 2.96. The van der Waals surface area contributed by atoms with Gasteiger partial charge in [-0.1, -0.05) is 6.92 Å². The predicted molar refractivity (Wildman–Crippen MR) is 74.9 cm³/mol. The summed E-state index contributed by atoms with van der Waals surface area (Å²) < 4.78 is 11.1. The van der Waals surface area contributed by atoms with Crippen molar-refractivity contribution >= 4 is 0 Å². The van der Waals surface area contributed by atoms with E-state index in [0.29, 0.717) is 19.6 Å². The van der Waals surface area contributed by atoms with E-state index in [0.717, 1.165) is 17.1 Å².